The van der Waals surface area contributed by atoms with E-state index < -0.39 is 5.41 Å². The van der Waals surface area contributed by atoms with Crippen LogP contribution in [0.5, 0.6) is 0 Å². The van der Waals surface area contributed by atoms with Crippen LogP contribution >= 0.6 is 0 Å². The summed E-state index contributed by atoms with van der Waals surface area (Å²) in [7, 11) is 0. The van der Waals surface area contributed by atoms with E-state index in [9.17, 15) is 0 Å². The summed E-state index contributed by atoms with van der Waals surface area (Å²) in [6.07, 6.45) is 6.36. The van der Waals surface area contributed by atoms with Gasteiger partial charge in [-0.1, -0.05) is 320 Å². The molecule has 4 aliphatic rings. The van der Waals surface area contributed by atoms with Crippen molar-refractivity contribution in [2.45, 2.75) is 76.0 Å². The van der Waals surface area contributed by atoms with Gasteiger partial charge in [0.05, 0.1) is 27.8 Å². The van der Waals surface area contributed by atoms with Crippen LogP contribution in [0.15, 0.2) is 291 Å². The van der Waals surface area contributed by atoms with Gasteiger partial charge in [0.25, 0.3) is 0 Å². The van der Waals surface area contributed by atoms with Gasteiger partial charge in [-0.05, 0) is 130 Å². The maximum Gasteiger partial charge on any atom is 0.161 e. The molecule has 0 amide bonds. The molecule has 15 aromatic rings. The maximum atomic E-state index is 5.57. The highest BCUT2D eigenvalue weighted by atomic mass is 14.9. The van der Waals surface area contributed by atoms with E-state index in [0.717, 1.165) is 61.5 Å². The first kappa shape index (κ1) is 57.0. The summed E-state index contributed by atoms with van der Waals surface area (Å²) in [6, 6.07) is 106. The van der Waals surface area contributed by atoms with Crippen LogP contribution in [0, 0.1) is 0 Å². The van der Waals surface area contributed by atoms with Gasteiger partial charge < -0.3 is 0 Å². The third kappa shape index (κ3) is 8.65. The van der Waals surface area contributed by atoms with Crippen LogP contribution in [-0.4, -0.2) is 19.9 Å². The summed E-state index contributed by atoms with van der Waals surface area (Å²) in [5, 5.41) is 7.15. The Kier molecular flexibility index (Phi) is 13.8. The van der Waals surface area contributed by atoms with Crippen molar-refractivity contribution >= 4 is 43.4 Å². The standard InChI is InChI=1S/C48H34N2.C40H30N2.C2H6/c1-47(2)38-26-12-9-21-33(38)44-37(25-16-28-40(44)47)46-49-42-30-14-11-23-35(42)45(50-46)36-24-15-29-41-43(36)34-22-10-13-27-39(34)48(41,31-17-5-3-6-18-31)32-19-7-4-8-20-32;1-8-23-40(24-9-1)34-16-6-4-13-31(34)37-33(15-10-17-35(37)40)38-32-14-5-7-18-36(32)41-39(42-38)28-21-22-30-27(25-28)20-19-26-11-2-3-12-29(26)30;1-2/h3-30H,1-2H3;2-7,10-22,25H,1,8-9,23-24H2;1-2H3. The number of hydrogen-bond acceptors (Lipinski definition) is 4. The lowest BCUT2D eigenvalue weighted by Gasteiger charge is -2.36. The van der Waals surface area contributed by atoms with E-state index in [2.05, 4.69) is 305 Å². The van der Waals surface area contributed by atoms with Crippen molar-refractivity contribution in [2.75, 3.05) is 0 Å². The predicted molar refractivity (Wildman–Crippen MR) is 391 cm³/mol. The molecule has 0 bridgehead atoms. The molecule has 1 fully saturated rings. The minimum absolute atomic E-state index is 0.107. The number of fused-ring (bicyclic) bond motifs is 16. The smallest absolute Gasteiger partial charge is 0.161 e. The summed E-state index contributed by atoms with van der Waals surface area (Å²) in [5.41, 5.74) is 26.3. The molecular formula is C90H70N4. The Labute approximate surface area is 550 Å². The number of para-hydroxylation sites is 2. The summed E-state index contributed by atoms with van der Waals surface area (Å²) < 4.78 is 0. The minimum Gasteiger partial charge on any atom is -0.228 e. The summed E-state index contributed by atoms with van der Waals surface area (Å²) >= 11 is 0. The number of rotatable bonds is 6. The highest BCUT2D eigenvalue weighted by Crippen LogP contribution is 2.61. The average molecular weight is 1210 g/mol. The molecule has 0 saturated heterocycles. The molecule has 450 valence electrons. The first-order valence-corrected chi connectivity index (χ1v) is 33.7. The van der Waals surface area contributed by atoms with Crippen molar-refractivity contribution in [3.63, 3.8) is 0 Å². The number of nitrogens with zero attached hydrogens (tertiary/aromatic N) is 4. The van der Waals surface area contributed by atoms with E-state index in [1.165, 1.54) is 137 Å². The first-order chi connectivity index (χ1) is 46.4. The second-order valence-corrected chi connectivity index (χ2v) is 26.1. The molecule has 94 heavy (non-hydrogen) atoms. The molecule has 0 N–H and O–H groups in total. The fourth-order valence-corrected chi connectivity index (χ4v) is 17.0. The quantitative estimate of drug-likeness (QED) is 0.156. The average Bonchev–Trinajstić information content (AvgIpc) is 1.54. The van der Waals surface area contributed by atoms with Crippen LogP contribution < -0.4 is 0 Å². The lowest BCUT2D eigenvalue weighted by molar-refractivity contribution is 0.353. The fraction of sp³-hybridized carbons (Fsp3) is 0.133. The van der Waals surface area contributed by atoms with Crippen LogP contribution in [0.4, 0.5) is 0 Å². The van der Waals surface area contributed by atoms with Gasteiger partial charge in [-0.3, -0.25) is 0 Å². The Hall–Kier alpha value is -10.9. The van der Waals surface area contributed by atoms with E-state index in [0.29, 0.717) is 0 Å². The van der Waals surface area contributed by atoms with E-state index in [1.807, 2.05) is 13.8 Å². The monoisotopic (exact) mass is 1210 g/mol. The molecule has 0 unspecified atom stereocenters. The Bertz CT molecular complexity index is 5440. The van der Waals surface area contributed by atoms with E-state index >= 15 is 0 Å². The molecule has 2 aromatic heterocycles. The second kappa shape index (κ2) is 22.7. The van der Waals surface area contributed by atoms with Crippen molar-refractivity contribution in [1.82, 2.24) is 19.9 Å². The van der Waals surface area contributed by atoms with Crippen LogP contribution in [0.3, 0.4) is 0 Å². The zero-order valence-electron chi connectivity index (χ0n) is 53.5. The highest BCUT2D eigenvalue weighted by molar-refractivity contribution is 6.09. The molecular weight excluding hydrogens is 1140 g/mol. The van der Waals surface area contributed by atoms with E-state index in [-0.39, 0.29) is 10.8 Å². The molecule has 4 heteroatoms. The summed E-state index contributed by atoms with van der Waals surface area (Å²) in [5.74, 6) is 1.53. The maximum absolute atomic E-state index is 5.57. The van der Waals surface area contributed by atoms with Gasteiger partial charge in [0, 0.05) is 43.9 Å². The lowest BCUT2D eigenvalue weighted by atomic mass is 9.67. The van der Waals surface area contributed by atoms with Crippen LogP contribution in [0.25, 0.3) is 122 Å². The Balaban J connectivity index is 0.000000141. The first-order valence-electron chi connectivity index (χ1n) is 33.7. The Morgan fingerprint density at radius 3 is 1.38 bits per heavy atom. The van der Waals surface area contributed by atoms with Gasteiger partial charge >= 0.3 is 0 Å². The number of hydrogen-bond donors (Lipinski definition) is 0. The second-order valence-electron chi connectivity index (χ2n) is 26.1. The van der Waals surface area contributed by atoms with E-state index in [1.54, 1.807) is 0 Å². The SMILES string of the molecule is CC.CC1(C)c2ccccc2-c2c(-c3nc(-c4cccc5c4-c4ccccc4C5(c4ccccc4)c4ccccc4)c4ccccc4n3)cccc21.c1ccc2c(c1)-c1c(-c3nc(-c4ccc5c(ccc6ccccc65)c4)nc4ccccc34)cccc1C21CCCCC1. The van der Waals surface area contributed by atoms with Crippen molar-refractivity contribution in [3.8, 4) is 78.7 Å². The number of benzene rings is 13. The number of aromatic nitrogens is 4. The van der Waals surface area contributed by atoms with Gasteiger partial charge in [-0.15, -0.1) is 0 Å². The van der Waals surface area contributed by atoms with E-state index in [4.69, 9.17) is 19.9 Å². The summed E-state index contributed by atoms with van der Waals surface area (Å²) in [6.45, 7) is 8.65. The van der Waals surface area contributed by atoms with Crippen molar-refractivity contribution in [2.24, 2.45) is 0 Å². The van der Waals surface area contributed by atoms with Gasteiger partial charge in [0.15, 0.2) is 11.6 Å². The lowest BCUT2D eigenvalue weighted by Crippen LogP contribution is -2.28. The molecule has 1 saturated carbocycles. The topological polar surface area (TPSA) is 51.6 Å². The predicted octanol–water partition coefficient (Wildman–Crippen LogP) is 23.2. The molecule has 13 aromatic carbocycles. The molecule has 1 spiro atoms. The fourth-order valence-electron chi connectivity index (χ4n) is 17.0. The zero-order valence-corrected chi connectivity index (χ0v) is 53.5. The molecule has 19 rings (SSSR count). The van der Waals surface area contributed by atoms with Crippen molar-refractivity contribution in [3.05, 3.63) is 336 Å². The molecule has 0 aliphatic heterocycles. The summed E-state index contributed by atoms with van der Waals surface area (Å²) in [4.78, 5) is 21.3. The van der Waals surface area contributed by atoms with Crippen molar-refractivity contribution in [1.29, 1.82) is 0 Å². The van der Waals surface area contributed by atoms with Crippen LogP contribution in [-0.2, 0) is 16.2 Å². The third-order valence-electron chi connectivity index (χ3n) is 21.0. The molecule has 4 aliphatic carbocycles. The molecule has 0 radical (unpaired) electrons. The van der Waals surface area contributed by atoms with Gasteiger partial charge in [-0.25, -0.2) is 19.9 Å². The van der Waals surface area contributed by atoms with Gasteiger partial charge in [0.1, 0.15) is 0 Å². The van der Waals surface area contributed by atoms with Crippen LogP contribution in [0.2, 0.25) is 0 Å². The Morgan fingerprint density at radius 2 is 0.723 bits per heavy atom. The van der Waals surface area contributed by atoms with Gasteiger partial charge in [-0.2, -0.15) is 0 Å². The zero-order chi connectivity index (χ0) is 63.1. The largest absolute Gasteiger partial charge is 0.228 e. The van der Waals surface area contributed by atoms with Crippen LogP contribution in [0.1, 0.15) is 104 Å². The van der Waals surface area contributed by atoms with Crippen molar-refractivity contribution < 1.29 is 0 Å². The normalized spacial score (nSPS) is 14.6. The Morgan fingerprint density at radius 1 is 0.287 bits per heavy atom. The molecule has 4 nitrogen and oxygen atoms in total. The third-order valence-corrected chi connectivity index (χ3v) is 21.0. The van der Waals surface area contributed by atoms with Gasteiger partial charge in [0.2, 0.25) is 0 Å². The minimum atomic E-state index is -0.480. The molecule has 0 atom stereocenters. The molecule has 2 heterocycles. The highest BCUT2D eigenvalue weighted by Gasteiger charge is 2.48.